The fourth-order valence-corrected chi connectivity index (χ4v) is 3.45. The maximum atomic E-state index is 12.7. The van der Waals surface area contributed by atoms with Crippen molar-refractivity contribution in [2.45, 2.75) is 47.1 Å². The van der Waals surface area contributed by atoms with Gasteiger partial charge in [-0.05, 0) is 31.7 Å². The zero-order valence-corrected chi connectivity index (χ0v) is 15.5. The smallest absolute Gasteiger partial charge is 0.225 e. The Hall–Kier alpha value is -1.87. The number of hydrogen-bond donors (Lipinski definition) is 1. The van der Waals surface area contributed by atoms with E-state index in [0.717, 1.165) is 36.5 Å². The molecule has 1 aliphatic heterocycles. The minimum atomic E-state index is -0.0593. The van der Waals surface area contributed by atoms with E-state index in [9.17, 15) is 10.1 Å². The van der Waals surface area contributed by atoms with Crippen LogP contribution in [-0.4, -0.2) is 58.1 Å². The molecule has 0 spiro atoms. The number of rotatable bonds is 5. The van der Waals surface area contributed by atoms with E-state index in [-0.39, 0.29) is 17.9 Å². The highest BCUT2D eigenvalue weighted by molar-refractivity contribution is 5.79. The average Bonchev–Trinajstić information content (AvgIpc) is 2.87. The first kappa shape index (κ1) is 18.5. The Bertz CT molecular complexity index is 588. The number of nitriles is 1. The number of aromatic amines is 1. The zero-order valence-electron chi connectivity index (χ0n) is 15.5. The number of H-pyrrole nitrogens is 1. The van der Waals surface area contributed by atoms with E-state index in [2.05, 4.69) is 35.0 Å². The summed E-state index contributed by atoms with van der Waals surface area (Å²) in [4.78, 5) is 16.9. The molecule has 1 aromatic rings. The van der Waals surface area contributed by atoms with E-state index in [1.54, 1.807) is 0 Å². The molecule has 1 N–H and O–H groups in total. The molecule has 1 amide bonds. The molecule has 0 aromatic carbocycles. The van der Waals surface area contributed by atoms with Gasteiger partial charge in [0, 0.05) is 37.8 Å². The molecule has 1 aliphatic rings. The fourth-order valence-electron chi connectivity index (χ4n) is 3.45. The van der Waals surface area contributed by atoms with Gasteiger partial charge in [0.05, 0.1) is 11.8 Å². The molecule has 2 atom stereocenters. The first-order valence-corrected chi connectivity index (χ1v) is 8.78. The van der Waals surface area contributed by atoms with Crippen molar-refractivity contribution in [3.05, 3.63) is 17.0 Å². The number of amides is 1. The van der Waals surface area contributed by atoms with Crippen molar-refractivity contribution in [2.24, 2.45) is 11.8 Å². The number of nitrogens with one attached hydrogen (secondary N) is 1. The lowest BCUT2D eigenvalue weighted by Crippen LogP contribution is -2.53. The topological polar surface area (TPSA) is 76.0 Å². The second-order valence-electron chi connectivity index (χ2n) is 7.20. The largest absolute Gasteiger partial charge is 0.340 e. The van der Waals surface area contributed by atoms with Gasteiger partial charge in [-0.15, -0.1) is 0 Å². The molecular weight excluding hydrogens is 302 g/mol. The Kier molecular flexibility index (Phi) is 6.00. The first-order valence-electron chi connectivity index (χ1n) is 8.78. The molecule has 6 nitrogen and oxygen atoms in total. The minimum absolute atomic E-state index is 0.0524. The van der Waals surface area contributed by atoms with Gasteiger partial charge in [0.1, 0.15) is 6.04 Å². The van der Waals surface area contributed by atoms with Gasteiger partial charge in [-0.2, -0.15) is 10.4 Å². The summed E-state index contributed by atoms with van der Waals surface area (Å²) in [6.45, 7) is 13.1. The summed E-state index contributed by atoms with van der Waals surface area (Å²) in [5.74, 6) is 0.458. The first-order chi connectivity index (χ1) is 11.3. The van der Waals surface area contributed by atoms with Crippen LogP contribution in [0, 0.1) is 37.0 Å². The number of aromatic nitrogens is 2. The normalized spacial score (nSPS) is 18.5. The van der Waals surface area contributed by atoms with Crippen LogP contribution in [0.5, 0.6) is 0 Å². The zero-order chi connectivity index (χ0) is 17.9. The van der Waals surface area contributed by atoms with Crippen molar-refractivity contribution in [3.8, 4) is 6.07 Å². The van der Waals surface area contributed by atoms with Gasteiger partial charge in [0.15, 0.2) is 0 Å². The number of nitrogens with zero attached hydrogens (tertiary/aromatic N) is 4. The molecular formula is C18H29N5O. The van der Waals surface area contributed by atoms with Gasteiger partial charge >= 0.3 is 0 Å². The highest BCUT2D eigenvalue weighted by Crippen LogP contribution is 2.19. The van der Waals surface area contributed by atoms with Crippen LogP contribution >= 0.6 is 0 Å². The van der Waals surface area contributed by atoms with Crippen molar-refractivity contribution < 1.29 is 4.79 Å². The van der Waals surface area contributed by atoms with Crippen molar-refractivity contribution in [2.75, 3.05) is 26.2 Å². The molecule has 0 saturated carbocycles. The molecule has 24 heavy (non-hydrogen) atoms. The van der Waals surface area contributed by atoms with Crippen LogP contribution in [0.3, 0.4) is 0 Å². The summed E-state index contributed by atoms with van der Waals surface area (Å²) in [5.41, 5.74) is 3.18. The van der Waals surface area contributed by atoms with E-state index in [4.69, 9.17) is 0 Å². The summed E-state index contributed by atoms with van der Waals surface area (Å²) < 4.78 is 0. The number of aryl methyl sites for hydroxylation is 2. The lowest BCUT2D eigenvalue weighted by atomic mass is 9.97. The second kappa shape index (κ2) is 7.80. The fraction of sp³-hybridized carbons (Fsp3) is 0.722. The molecule has 0 radical (unpaired) electrons. The van der Waals surface area contributed by atoms with Crippen molar-refractivity contribution in [1.29, 1.82) is 5.26 Å². The Balaban J connectivity index is 1.92. The van der Waals surface area contributed by atoms with Gasteiger partial charge in [-0.25, -0.2) is 0 Å². The third-order valence-electron chi connectivity index (χ3n) is 5.00. The van der Waals surface area contributed by atoms with Crippen LogP contribution in [0.1, 0.15) is 37.7 Å². The lowest BCUT2D eigenvalue weighted by molar-refractivity contribution is -0.137. The van der Waals surface area contributed by atoms with Crippen molar-refractivity contribution in [3.63, 3.8) is 0 Å². The van der Waals surface area contributed by atoms with Gasteiger partial charge in [-0.1, -0.05) is 20.8 Å². The standard InChI is InChI=1S/C18H29N5O/c1-12(2)17(11-19)22-6-8-23(9-7-22)18(24)13(3)10-16-14(4)20-21-15(16)5/h12-13,17H,6-10H2,1-5H3,(H,20,21)/t13-,17+/m0/s1. The van der Waals surface area contributed by atoms with Gasteiger partial charge in [-0.3, -0.25) is 14.8 Å². The van der Waals surface area contributed by atoms with Crippen LogP contribution in [0.25, 0.3) is 0 Å². The third-order valence-corrected chi connectivity index (χ3v) is 5.00. The van der Waals surface area contributed by atoms with E-state index in [1.807, 2.05) is 25.7 Å². The Labute approximate surface area is 144 Å². The maximum Gasteiger partial charge on any atom is 0.225 e. The van der Waals surface area contributed by atoms with Crippen molar-refractivity contribution >= 4 is 5.91 Å². The molecule has 2 rings (SSSR count). The van der Waals surface area contributed by atoms with E-state index < -0.39 is 0 Å². The Morgan fingerprint density at radius 2 is 1.88 bits per heavy atom. The number of hydrogen-bond acceptors (Lipinski definition) is 4. The van der Waals surface area contributed by atoms with Crippen molar-refractivity contribution in [1.82, 2.24) is 20.0 Å². The maximum absolute atomic E-state index is 12.7. The molecule has 1 aromatic heterocycles. The highest BCUT2D eigenvalue weighted by atomic mass is 16.2. The predicted molar refractivity (Wildman–Crippen MR) is 93.3 cm³/mol. The van der Waals surface area contributed by atoms with E-state index >= 15 is 0 Å². The minimum Gasteiger partial charge on any atom is -0.340 e. The van der Waals surface area contributed by atoms with Crippen LogP contribution < -0.4 is 0 Å². The molecule has 0 aliphatic carbocycles. The molecule has 132 valence electrons. The average molecular weight is 331 g/mol. The highest BCUT2D eigenvalue weighted by Gasteiger charge is 2.29. The molecule has 1 saturated heterocycles. The van der Waals surface area contributed by atoms with Crippen LogP contribution in [0.15, 0.2) is 0 Å². The summed E-state index contributed by atoms with van der Waals surface area (Å²) in [6, 6.07) is 2.33. The van der Waals surface area contributed by atoms with Gasteiger partial charge in [0.2, 0.25) is 5.91 Å². The Morgan fingerprint density at radius 3 is 2.33 bits per heavy atom. The van der Waals surface area contributed by atoms with Gasteiger partial charge in [0.25, 0.3) is 0 Å². The summed E-state index contributed by atoms with van der Waals surface area (Å²) in [5, 5.41) is 16.5. The summed E-state index contributed by atoms with van der Waals surface area (Å²) in [6.07, 6.45) is 0.722. The number of piperazine rings is 1. The SMILES string of the molecule is Cc1n[nH]c(C)c1C[C@H](C)C(=O)N1CCN([C@H](C#N)C(C)C)CC1. The van der Waals surface area contributed by atoms with E-state index in [1.165, 1.54) is 0 Å². The second-order valence-corrected chi connectivity index (χ2v) is 7.20. The molecule has 0 unspecified atom stereocenters. The van der Waals surface area contributed by atoms with Crippen LogP contribution in [-0.2, 0) is 11.2 Å². The molecule has 0 bridgehead atoms. The monoisotopic (exact) mass is 331 g/mol. The van der Waals surface area contributed by atoms with Crippen LogP contribution in [0.2, 0.25) is 0 Å². The molecule has 6 heteroatoms. The van der Waals surface area contributed by atoms with E-state index in [0.29, 0.717) is 19.0 Å². The molecule has 2 heterocycles. The quantitative estimate of drug-likeness (QED) is 0.894. The summed E-state index contributed by atoms with van der Waals surface area (Å²) >= 11 is 0. The number of carbonyl (C=O) groups excluding carboxylic acids is 1. The number of carbonyl (C=O) groups is 1. The lowest BCUT2D eigenvalue weighted by Gasteiger charge is -2.39. The molecule has 1 fully saturated rings. The predicted octanol–water partition coefficient (Wildman–Crippen LogP) is 1.90. The summed E-state index contributed by atoms with van der Waals surface area (Å²) in [7, 11) is 0. The van der Waals surface area contributed by atoms with Crippen LogP contribution in [0.4, 0.5) is 0 Å². The third kappa shape index (κ3) is 3.96. The van der Waals surface area contributed by atoms with Gasteiger partial charge < -0.3 is 4.90 Å². The Morgan fingerprint density at radius 1 is 1.25 bits per heavy atom.